The molecule has 6 heteroatoms. The number of aliphatic hydroxyl groups excluding tert-OH is 1. The second kappa shape index (κ2) is 7.60. The van der Waals surface area contributed by atoms with Gasteiger partial charge in [0.1, 0.15) is 0 Å². The van der Waals surface area contributed by atoms with E-state index in [1.165, 1.54) is 12.5 Å². The predicted octanol–water partition coefficient (Wildman–Crippen LogP) is 2.07. The number of amides is 2. The van der Waals surface area contributed by atoms with Gasteiger partial charge in [0.2, 0.25) is 0 Å². The maximum Gasteiger partial charge on any atom is 0.313 e. The van der Waals surface area contributed by atoms with Gasteiger partial charge < -0.3 is 20.2 Å². The zero-order valence-corrected chi connectivity index (χ0v) is 13.1. The Morgan fingerprint density at radius 1 is 1.17 bits per heavy atom. The Morgan fingerprint density at radius 2 is 1.87 bits per heavy atom. The van der Waals surface area contributed by atoms with Crippen molar-refractivity contribution in [2.75, 3.05) is 11.9 Å². The second-order valence-corrected chi connectivity index (χ2v) is 5.34. The van der Waals surface area contributed by atoms with E-state index in [1.54, 1.807) is 6.07 Å². The van der Waals surface area contributed by atoms with Crippen LogP contribution in [0.15, 0.2) is 41.2 Å². The van der Waals surface area contributed by atoms with E-state index >= 15 is 0 Å². The third-order valence-corrected chi connectivity index (χ3v) is 3.56. The van der Waals surface area contributed by atoms with Gasteiger partial charge in [-0.3, -0.25) is 9.59 Å². The molecule has 122 valence electrons. The van der Waals surface area contributed by atoms with Gasteiger partial charge in [-0.1, -0.05) is 18.2 Å². The number of benzene rings is 1. The first-order chi connectivity index (χ1) is 11.0. The molecule has 0 bridgehead atoms. The highest BCUT2D eigenvalue weighted by Crippen LogP contribution is 2.19. The molecule has 1 atom stereocenters. The third kappa shape index (κ3) is 4.43. The van der Waals surface area contributed by atoms with Gasteiger partial charge in [0.05, 0.1) is 18.6 Å². The molecular formula is C17H20N2O4. The van der Waals surface area contributed by atoms with E-state index < -0.39 is 17.9 Å². The molecule has 0 radical (unpaired) electrons. The molecule has 1 unspecified atom stereocenters. The van der Waals surface area contributed by atoms with Crippen LogP contribution in [0, 0.1) is 13.8 Å². The molecule has 6 nitrogen and oxygen atoms in total. The third-order valence-electron chi connectivity index (χ3n) is 3.56. The van der Waals surface area contributed by atoms with Gasteiger partial charge >= 0.3 is 11.8 Å². The van der Waals surface area contributed by atoms with Crippen LogP contribution in [0.5, 0.6) is 0 Å². The predicted molar refractivity (Wildman–Crippen MR) is 85.8 cm³/mol. The number of hydrogen-bond acceptors (Lipinski definition) is 4. The molecule has 23 heavy (non-hydrogen) atoms. The minimum absolute atomic E-state index is 0.186. The smallest absolute Gasteiger partial charge is 0.313 e. The minimum atomic E-state index is -0.740. The molecule has 1 aromatic carbocycles. The number of aliphatic hydroxyl groups is 1. The van der Waals surface area contributed by atoms with Crippen molar-refractivity contribution in [3.05, 3.63) is 53.5 Å². The first-order valence-electron chi connectivity index (χ1n) is 7.34. The zero-order chi connectivity index (χ0) is 16.8. The molecular weight excluding hydrogens is 296 g/mol. The van der Waals surface area contributed by atoms with E-state index in [2.05, 4.69) is 10.6 Å². The van der Waals surface area contributed by atoms with Gasteiger partial charge in [0.15, 0.2) is 0 Å². The van der Waals surface area contributed by atoms with Gasteiger partial charge in [-0.25, -0.2) is 0 Å². The highest BCUT2D eigenvalue weighted by atomic mass is 16.3. The summed E-state index contributed by atoms with van der Waals surface area (Å²) >= 11 is 0. The van der Waals surface area contributed by atoms with Crippen LogP contribution in [0.25, 0.3) is 0 Å². The highest BCUT2D eigenvalue weighted by Gasteiger charge is 2.16. The molecule has 0 spiro atoms. The fourth-order valence-electron chi connectivity index (χ4n) is 2.22. The van der Waals surface area contributed by atoms with E-state index in [9.17, 15) is 14.7 Å². The molecule has 0 aliphatic carbocycles. The molecule has 0 saturated carbocycles. The van der Waals surface area contributed by atoms with E-state index in [0.717, 1.165) is 11.1 Å². The van der Waals surface area contributed by atoms with Crippen molar-refractivity contribution in [2.24, 2.45) is 0 Å². The lowest BCUT2D eigenvalue weighted by Gasteiger charge is -2.12. The quantitative estimate of drug-likeness (QED) is 0.736. The fourth-order valence-corrected chi connectivity index (χ4v) is 2.22. The Bertz CT molecular complexity index is 660. The van der Waals surface area contributed by atoms with Crippen molar-refractivity contribution in [1.82, 2.24) is 5.32 Å². The van der Waals surface area contributed by atoms with E-state index in [0.29, 0.717) is 17.7 Å². The molecule has 0 aliphatic heterocycles. The lowest BCUT2D eigenvalue weighted by molar-refractivity contribution is -0.136. The lowest BCUT2D eigenvalue weighted by atomic mass is 10.1. The SMILES string of the molecule is Cc1cccc(C)c1NC(=O)C(=O)NCCC(O)c1ccoc1. The number of rotatable bonds is 5. The first kappa shape index (κ1) is 16.8. The van der Waals surface area contributed by atoms with Crippen LogP contribution in [0.2, 0.25) is 0 Å². The monoisotopic (exact) mass is 316 g/mol. The van der Waals surface area contributed by atoms with Gasteiger partial charge in [0.25, 0.3) is 0 Å². The number of nitrogens with one attached hydrogen (secondary N) is 2. The molecule has 2 amide bonds. The summed E-state index contributed by atoms with van der Waals surface area (Å²) in [5.41, 5.74) is 3.06. The Morgan fingerprint density at radius 3 is 2.48 bits per heavy atom. The highest BCUT2D eigenvalue weighted by molar-refractivity contribution is 6.39. The summed E-state index contributed by atoms with van der Waals surface area (Å²) in [7, 11) is 0. The number of hydrogen-bond donors (Lipinski definition) is 3. The van der Waals surface area contributed by atoms with Crippen LogP contribution in [-0.4, -0.2) is 23.5 Å². The van der Waals surface area contributed by atoms with Gasteiger partial charge in [-0.05, 0) is 37.5 Å². The molecule has 0 saturated heterocycles. The van der Waals surface area contributed by atoms with Crippen LogP contribution in [0.1, 0.15) is 29.2 Å². The summed E-state index contributed by atoms with van der Waals surface area (Å²) in [5.74, 6) is -1.45. The lowest BCUT2D eigenvalue weighted by Crippen LogP contribution is -2.36. The van der Waals surface area contributed by atoms with Crippen LogP contribution >= 0.6 is 0 Å². The standard InChI is InChI=1S/C17H20N2O4/c1-11-4-3-5-12(2)15(11)19-17(22)16(21)18-8-6-14(20)13-7-9-23-10-13/h3-5,7,9-10,14,20H,6,8H2,1-2H3,(H,18,21)(H,19,22). The molecule has 2 aromatic rings. The second-order valence-electron chi connectivity index (χ2n) is 5.34. The summed E-state index contributed by atoms with van der Waals surface area (Å²) in [6.07, 6.45) is 2.47. The van der Waals surface area contributed by atoms with Crippen molar-refractivity contribution < 1.29 is 19.1 Å². The largest absolute Gasteiger partial charge is 0.472 e. The van der Waals surface area contributed by atoms with Crippen molar-refractivity contribution >= 4 is 17.5 Å². The summed E-state index contributed by atoms with van der Waals surface area (Å²) in [6, 6.07) is 7.27. The summed E-state index contributed by atoms with van der Waals surface area (Å²) in [5, 5.41) is 15.0. The molecule has 2 rings (SSSR count). The molecule has 1 heterocycles. The van der Waals surface area contributed by atoms with Crippen molar-refractivity contribution in [2.45, 2.75) is 26.4 Å². The van der Waals surface area contributed by atoms with Gasteiger partial charge in [0, 0.05) is 17.8 Å². The Hall–Kier alpha value is -2.60. The van der Waals surface area contributed by atoms with E-state index in [-0.39, 0.29) is 6.54 Å². The fraction of sp³-hybridized carbons (Fsp3) is 0.294. The summed E-state index contributed by atoms with van der Waals surface area (Å²) in [6.45, 7) is 3.91. The zero-order valence-electron chi connectivity index (χ0n) is 13.1. The van der Waals surface area contributed by atoms with Gasteiger partial charge in [-0.15, -0.1) is 0 Å². The van der Waals surface area contributed by atoms with Crippen LogP contribution in [-0.2, 0) is 9.59 Å². The normalized spacial score (nSPS) is 11.8. The van der Waals surface area contributed by atoms with E-state index in [4.69, 9.17) is 4.42 Å². The molecule has 3 N–H and O–H groups in total. The van der Waals surface area contributed by atoms with E-state index in [1.807, 2.05) is 32.0 Å². The number of anilines is 1. The Labute approximate surface area is 134 Å². The maximum atomic E-state index is 11.9. The molecule has 0 fully saturated rings. The van der Waals surface area contributed by atoms with Crippen molar-refractivity contribution in [3.63, 3.8) is 0 Å². The number of carbonyl (C=O) groups excluding carboxylic acids is 2. The number of aryl methyl sites for hydroxylation is 2. The summed E-state index contributed by atoms with van der Waals surface area (Å²) in [4.78, 5) is 23.7. The maximum absolute atomic E-state index is 11.9. The number of para-hydroxylation sites is 1. The molecule has 0 aliphatic rings. The molecule has 1 aromatic heterocycles. The van der Waals surface area contributed by atoms with Crippen LogP contribution in [0.3, 0.4) is 0 Å². The Kier molecular flexibility index (Phi) is 5.54. The first-order valence-corrected chi connectivity index (χ1v) is 7.34. The Balaban J connectivity index is 1.82. The van der Waals surface area contributed by atoms with Crippen LogP contribution in [0.4, 0.5) is 5.69 Å². The number of carbonyl (C=O) groups is 2. The van der Waals surface area contributed by atoms with Crippen molar-refractivity contribution in [3.8, 4) is 0 Å². The topological polar surface area (TPSA) is 91.6 Å². The van der Waals surface area contributed by atoms with Crippen molar-refractivity contribution in [1.29, 1.82) is 0 Å². The van der Waals surface area contributed by atoms with Crippen LogP contribution < -0.4 is 10.6 Å². The average molecular weight is 316 g/mol. The average Bonchev–Trinajstić information content (AvgIpc) is 3.05. The van der Waals surface area contributed by atoms with Gasteiger partial charge in [-0.2, -0.15) is 0 Å². The number of furan rings is 1. The summed E-state index contributed by atoms with van der Waals surface area (Å²) < 4.78 is 4.88. The minimum Gasteiger partial charge on any atom is -0.472 e.